The maximum absolute atomic E-state index is 8.89. The smallest absolute Gasteiger partial charge is 0.0906 e. The molecule has 13 heteroatoms. The number of rotatable bonds is 3. The Hall–Kier alpha value is 4.89. The van der Waals surface area contributed by atoms with Crippen LogP contribution in [0, 0.1) is 0 Å². The molecule has 4 N–H and O–H groups in total. The van der Waals surface area contributed by atoms with Gasteiger partial charge in [0.2, 0.25) is 0 Å². The van der Waals surface area contributed by atoms with Crippen molar-refractivity contribution in [3.8, 4) is 0 Å². The van der Waals surface area contributed by atoms with Crippen LogP contribution >= 0.6 is 145 Å². The second-order valence-electron chi connectivity index (χ2n) is 3.20. The van der Waals surface area contributed by atoms with Crippen molar-refractivity contribution in [2.24, 2.45) is 0 Å². The first-order chi connectivity index (χ1) is 9.52. The highest BCUT2D eigenvalue weighted by Crippen LogP contribution is 2.29. The third-order valence-electron chi connectivity index (χ3n) is 1.82. The van der Waals surface area contributed by atoms with E-state index in [0.717, 1.165) is 0 Å². The molecule has 1 aliphatic rings. The van der Waals surface area contributed by atoms with Gasteiger partial charge in [0.25, 0.3) is 0 Å². The van der Waals surface area contributed by atoms with Gasteiger partial charge in [0.05, 0.1) is 24.4 Å². The van der Waals surface area contributed by atoms with E-state index in [9.17, 15) is 0 Å². The van der Waals surface area contributed by atoms with Crippen LogP contribution in [0.4, 0.5) is 0 Å². The molecule has 1 saturated heterocycles. The van der Waals surface area contributed by atoms with Gasteiger partial charge < -0.3 is 20.4 Å². The minimum atomic E-state index is -0.740. The Morgan fingerprint density at radius 3 is 1.24 bits per heavy atom. The SMILES string of the molecule is I.II.II.OC(CS)C(O)CS.OC1CSSCC1O. The molecule has 0 aliphatic carbocycles. The highest BCUT2D eigenvalue weighted by molar-refractivity contribution is 15.0. The van der Waals surface area contributed by atoms with Gasteiger partial charge in [-0.2, -0.15) is 25.3 Å². The summed E-state index contributed by atoms with van der Waals surface area (Å²) in [5.41, 5.74) is 0. The maximum Gasteiger partial charge on any atom is 0.0906 e. The number of aliphatic hydroxyl groups excluding tert-OH is 4. The molecule has 4 unspecified atom stereocenters. The topological polar surface area (TPSA) is 80.9 Å². The third-order valence-corrected chi connectivity index (χ3v) is 5.01. The Balaban J connectivity index is -0.000000107. The van der Waals surface area contributed by atoms with Crippen molar-refractivity contribution in [2.45, 2.75) is 24.4 Å². The van der Waals surface area contributed by atoms with E-state index >= 15 is 0 Å². The van der Waals surface area contributed by atoms with Crippen molar-refractivity contribution in [1.29, 1.82) is 0 Å². The van der Waals surface area contributed by atoms with E-state index < -0.39 is 24.4 Å². The molecule has 0 aromatic heterocycles. The van der Waals surface area contributed by atoms with Crippen molar-refractivity contribution in [3.63, 3.8) is 0 Å². The number of thiol groups is 2. The van der Waals surface area contributed by atoms with Crippen LogP contribution in [0.25, 0.3) is 0 Å². The van der Waals surface area contributed by atoms with Crippen LogP contribution in [0.3, 0.4) is 0 Å². The lowest BCUT2D eigenvalue weighted by atomic mass is 10.3. The van der Waals surface area contributed by atoms with Crippen molar-refractivity contribution >= 4 is 145 Å². The van der Waals surface area contributed by atoms with Gasteiger partial charge in [-0.25, -0.2) is 0 Å². The van der Waals surface area contributed by atoms with Crippen molar-refractivity contribution in [2.75, 3.05) is 23.0 Å². The Morgan fingerprint density at radius 2 is 1.10 bits per heavy atom. The number of hydrogen-bond donors (Lipinski definition) is 6. The molecule has 0 bridgehead atoms. The fourth-order valence-electron chi connectivity index (χ4n) is 0.701. The highest BCUT2D eigenvalue weighted by atomic mass is 128. The predicted molar refractivity (Wildman–Crippen MR) is 148 cm³/mol. The summed E-state index contributed by atoms with van der Waals surface area (Å²) < 4.78 is 0. The average Bonchev–Trinajstić information content (AvgIpc) is 2.53. The number of aliphatic hydroxyl groups is 4. The molecule has 0 aromatic carbocycles. The lowest BCUT2D eigenvalue weighted by Crippen LogP contribution is -2.32. The molecule has 4 nitrogen and oxygen atoms in total. The zero-order chi connectivity index (χ0) is 16.6. The summed E-state index contributed by atoms with van der Waals surface area (Å²) in [4.78, 5) is 0. The molecule has 1 fully saturated rings. The summed E-state index contributed by atoms with van der Waals surface area (Å²) in [6.07, 6.45) is -2.48. The fourth-order valence-corrected chi connectivity index (χ4v) is 3.52. The summed E-state index contributed by atoms with van der Waals surface area (Å²) >= 11 is 16.0. The van der Waals surface area contributed by atoms with E-state index in [-0.39, 0.29) is 35.5 Å². The third kappa shape index (κ3) is 22.8. The van der Waals surface area contributed by atoms with Crippen LogP contribution in [-0.2, 0) is 0 Å². The molecule has 0 aromatic rings. The maximum atomic E-state index is 8.89. The molecule has 1 heterocycles. The van der Waals surface area contributed by atoms with Gasteiger partial charge in [0.15, 0.2) is 0 Å². The zero-order valence-corrected chi connectivity index (χ0v) is 24.9. The fraction of sp³-hybridized carbons (Fsp3) is 1.00. The Kier molecular flexibility index (Phi) is 43.2. The highest BCUT2D eigenvalue weighted by Gasteiger charge is 2.20. The lowest BCUT2D eigenvalue weighted by Gasteiger charge is -2.20. The first-order valence-corrected chi connectivity index (χ1v) is 21.3. The van der Waals surface area contributed by atoms with Crippen LogP contribution in [0.5, 0.6) is 0 Å². The van der Waals surface area contributed by atoms with Crippen molar-refractivity contribution < 1.29 is 20.4 Å². The van der Waals surface area contributed by atoms with Gasteiger partial charge in [-0.1, -0.05) is 21.6 Å². The largest absolute Gasteiger partial charge is 0.390 e. The molecule has 0 spiro atoms. The van der Waals surface area contributed by atoms with Gasteiger partial charge in [0, 0.05) is 97.5 Å². The molecule has 134 valence electrons. The quantitative estimate of drug-likeness (QED) is 0.147. The molecule has 1 aliphatic heterocycles. The Bertz CT molecular complexity index is 169. The first kappa shape index (κ1) is 33.5. The number of halogens is 5. The van der Waals surface area contributed by atoms with E-state index in [1.165, 1.54) is 0 Å². The number of hydrogen-bond acceptors (Lipinski definition) is 8. The summed E-state index contributed by atoms with van der Waals surface area (Å²) in [7, 11) is 3.23. The van der Waals surface area contributed by atoms with E-state index in [0.29, 0.717) is 11.5 Å². The molecular formula is C8H19I5O4S4. The normalized spacial score (nSPS) is 22.6. The van der Waals surface area contributed by atoms with Gasteiger partial charge in [-0.05, 0) is 0 Å². The summed E-state index contributed by atoms with van der Waals surface area (Å²) in [6, 6.07) is 0. The summed E-state index contributed by atoms with van der Waals surface area (Å²) in [6.45, 7) is 0. The molecular weight excluding hydrogens is 923 g/mol. The first-order valence-electron chi connectivity index (χ1n) is 4.99. The van der Waals surface area contributed by atoms with Crippen LogP contribution in [0.1, 0.15) is 0 Å². The van der Waals surface area contributed by atoms with E-state index in [1.807, 2.05) is 0 Å². The minimum Gasteiger partial charge on any atom is -0.390 e. The second-order valence-corrected chi connectivity index (χ2v) is 6.49. The van der Waals surface area contributed by atoms with Crippen LogP contribution < -0.4 is 0 Å². The van der Waals surface area contributed by atoms with E-state index in [1.54, 1.807) is 21.6 Å². The van der Waals surface area contributed by atoms with Crippen molar-refractivity contribution in [3.05, 3.63) is 0 Å². The minimum absolute atomic E-state index is 0. The Morgan fingerprint density at radius 1 is 0.857 bits per heavy atom. The van der Waals surface area contributed by atoms with Gasteiger partial charge in [-0.15, -0.1) is 24.0 Å². The summed E-state index contributed by atoms with van der Waals surface area (Å²) in [5.74, 6) is 1.88. The van der Waals surface area contributed by atoms with Crippen LogP contribution in [-0.4, -0.2) is 67.9 Å². The van der Waals surface area contributed by atoms with Gasteiger partial charge >= 0.3 is 0 Å². The van der Waals surface area contributed by atoms with Crippen molar-refractivity contribution in [1.82, 2.24) is 0 Å². The average molecular weight is 942 g/mol. The molecule has 21 heavy (non-hydrogen) atoms. The van der Waals surface area contributed by atoms with E-state index in [4.69, 9.17) is 20.4 Å². The summed E-state index contributed by atoms with van der Waals surface area (Å²) in [5, 5.41) is 35.3. The molecule has 1 rings (SSSR count). The second kappa shape index (κ2) is 27.1. The zero-order valence-electron chi connectivity index (χ0n) is 10.6. The monoisotopic (exact) mass is 942 g/mol. The van der Waals surface area contributed by atoms with Crippen LogP contribution in [0.2, 0.25) is 0 Å². The van der Waals surface area contributed by atoms with Gasteiger partial charge in [0.1, 0.15) is 0 Å². The molecule has 0 amide bonds. The van der Waals surface area contributed by atoms with Gasteiger partial charge in [-0.3, -0.25) is 0 Å². The molecule has 0 radical (unpaired) electrons. The van der Waals surface area contributed by atoms with E-state index in [2.05, 4.69) is 99.7 Å². The molecule has 4 atom stereocenters. The van der Waals surface area contributed by atoms with Crippen LogP contribution in [0.15, 0.2) is 0 Å². The molecule has 0 saturated carbocycles. The standard InChI is InChI=1S/C4H8O2S2.C4H10O2S2.2I2.HI/c5-3-1-7-8-2-4(3)6;5-3(1-7)4(6)2-8;2*1-2;/h3-6H,1-2H2;3-8H,1-2H2;;;1H. The Labute approximate surface area is 209 Å². The predicted octanol–water partition coefficient (Wildman–Crippen LogP) is 3.83. The lowest BCUT2D eigenvalue weighted by molar-refractivity contribution is 0.0493.